The summed E-state index contributed by atoms with van der Waals surface area (Å²) in [6, 6.07) is 61.5. The summed E-state index contributed by atoms with van der Waals surface area (Å²) >= 11 is 0. The standard InChI is InChI=1S/C46H28O/c1-2-17-34-29(11-1)12-8-22-35(34)31-15-7-16-32(27-31)44-38-18-3-5-20-40(38)45(41-21-6-4-19-39(41)44)33-25-26-36-37-23-9-13-30-14-10-24-42(46(30)37)47-43(36)28-33/h1-28H. The SMILES string of the molecule is c1cc(-c2cccc3ccccc23)cc(-c2c3ccccc3c(-c3ccc4c(c3)Oc3cccc5cccc-4c35)c3ccccc23)c1. The molecule has 9 aromatic rings. The van der Waals surface area contributed by atoms with E-state index >= 15 is 0 Å². The van der Waals surface area contributed by atoms with Crippen LogP contribution in [-0.4, -0.2) is 0 Å². The van der Waals surface area contributed by atoms with Gasteiger partial charge in [0.1, 0.15) is 11.5 Å². The Balaban J connectivity index is 1.20. The molecule has 10 rings (SSSR count). The second-order valence-corrected chi connectivity index (χ2v) is 12.4. The minimum atomic E-state index is 0.897. The van der Waals surface area contributed by atoms with E-state index in [9.17, 15) is 0 Å². The molecule has 0 radical (unpaired) electrons. The first-order valence-corrected chi connectivity index (χ1v) is 16.2. The molecule has 1 nitrogen and oxygen atoms in total. The minimum Gasteiger partial charge on any atom is -0.456 e. The quantitative estimate of drug-likeness (QED) is 0.184. The predicted molar refractivity (Wildman–Crippen MR) is 198 cm³/mol. The van der Waals surface area contributed by atoms with Crippen molar-refractivity contribution in [2.45, 2.75) is 0 Å². The number of hydrogen-bond acceptors (Lipinski definition) is 1. The van der Waals surface area contributed by atoms with Gasteiger partial charge in [0.05, 0.1) is 0 Å². The number of hydrogen-bond donors (Lipinski definition) is 0. The number of benzene rings is 9. The van der Waals surface area contributed by atoms with Crippen molar-refractivity contribution in [3.63, 3.8) is 0 Å². The third-order valence-electron chi connectivity index (χ3n) is 9.83. The van der Waals surface area contributed by atoms with E-state index in [-0.39, 0.29) is 0 Å². The van der Waals surface area contributed by atoms with Crippen molar-refractivity contribution >= 4 is 43.1 Å². The van der Waals surface area contributed by atoms with Crippen LogP contribution in [0.25, 0.3) is 87.6 Å². The first kappa shape index (κ1) is 26.1. The molecule has 0 N–H and O–H groups in total. The summed E-state index contributed by atoms with van der Waals surface area (Å²) in [5.74, 6) is 1.81. The Kier molecular flexibility index (Phi) is 5.64. The van der Waals surface area contributed by atoms with Crippen LogP contribution in [0.5, 0.6) is 11.5 Å². The molecule has 0 fully saturated rings. The van der Waals surface area contributed by atoms with Crippen molar-refractivity contribution in [3.8, 4) is 56.0 Å². The lowest BCUT2D eigenvalue weighted by molar-refractivity contribution is 0.487. The first-order chi connectivity index (χ1) is 23.3. The summed E-state index contributed by atoms with van der Waals surface area (Å²) in [6.45, 7) is 0. The molecule has 0 bridgehead atoms. The van der Waals surface area contributed by atoms with Crippen molar-refractivity contribution in [2.75, 3.05) is 0 Å². The van der Waals surface area contributed by atoms with Gasteiger partial charge in [0.15, 0.2) is 0 Å². The fourth-order valence-electron chi connectivity index (χ4n) is 7.79. The van der Waals surface area contributed by atoms with Gasteiger partial charge in [-0.05, 0) is 101 Å². The lowest BCUT2D eigenvalue weighted by atomic mass is 9.84. The van der Waals surface area contributed by atoms with Crippen molar-refractivity contribution in [1.82, 2.24) is 0 Å². The zero-order valence-electron chi connectivity index (χ0n) is 25.6. The van der Waals surface area contributed by atoms with Crippen LogP contribution in [0.2, 0.25) is 0 Å². The lowest BCUT2D eigenvalue weighted by Crippen LogP contribution is -1.98. The van der Waals surface area contributed by atoms with Gasteiger partial charge in [-0.3, -0.25) is 0 Å². The Bertz CT molecular complexity index is 2650. The first-order valence-electron chi connectivity index (χ1n) is 16.2. The van der Waals surface area contributed by atoms with Crippen LogP contribution < -0.4 is 4.74 Å². The van der Waals surface area contributed by atoms with E-state index < -0.39 is 0 Å². The van der Waals surface area contributed by atoms with E-state index in [1.807, 2.05) is 0 Å². The van der Waals surface area contributed by atoms with Gasteiger partial charge in [-0.1, -0.05) is 146 Å². The van der Waals surface area contributed by atoms with Crippen molar-refractivity contribution in [2.24, 2.45) is 0 Å². The van der Waals surface area contributed by atoms with Gasteiger partial charge in [-0.2, -0.15) is 0 Å². The van der Waals surface area contributed by atoms with Gasteiger partial charge in [-0.25, -0.2) is 0 Å². The van der Waals surface area contributed by atoms with Gasteiger partial charge < -0.3 is 4.74 Å². The molecule has 0 saturated heterocycles. The maximum absolute atomic E-state index is 6.61. The van der Waals surface area contributed by atoms with E-state index in [1.165, 1.54) is 76.5 Å². The Morgan fingerprint density at radius 2 is 0.830 bits per heavy atom. The molecule has 47 heavy (non-hydrogen) atoms. The third kappa shape index (κ3) is 3.97. The molecule has 1 heteroatoms. The second kappa shape index (κ2) is 10.2. The highest BCUT2D eigenvalue weighted by Gasteiger charge is 2.22. The highest BCUT2D eigenvalue weighted by molar-refractivity contribution is 6.22. The molecule has 0 amide bonds. The molecule has 0 aliphatic carbocycles. The van der Waals surface area contributed by atoms with Crippen LogP contribution in [0.15, 0.2) is 170 Å². The molecular formula is C46H28O. The monoisotopic (exact) mass is 596 g/mol. The molecule has 9 aromatic carbocycles. The summed E-state index contributed by atoms with van der Waals surface area (Å²) in [4.78, 5) is 0. The maximum atomic E-state index is 6.61. The minimum absolute atomic E-state index is 0.897. The fourth-order valence-corrected chi connectivity index (χ4v) is 7.79. The highest BCUT2D eigenvalue weighted by atomic mass is 16.5. The summed E-state index contributed by atoms with van der Waals surface area (Å²) in [6.07, 6.45) is 0. The average Bonchev–Trinajstić information content (AvgIpc) is 3.13. The maximum Gasteiger partial charge on any atom is 0.135 e. The zero-order chi connectivity index (χ0) is 30.9. The van der Waals surface area contributed by atoms with E-state index in [4.69, 9.17) is 4.74 Å². The second-order valence-electron chi connectivity index (χ2n) is 12.4. The van der Waals surface area contributed by atoms with Crippen LogP contribution in [0.4, 0.5) is 0 Å². The van der Waals surface area contributed by atoms with Gasteiger partial charge in [-0.15, -0.1) is 0 Å². The average molecular weight is 597 g/mol. The Morgan fingerprint density at radius 1 is 0.298 bits per heavy atom. The van der Waals surface area contributed by atoms with Gasteiger partial charge in [0.25, 0.3) is 0 Å². The van der Waals surface area contributed by atoms with Gasteiger partial charge >= 0.3 is 0 Å². The van der Waals surface area contributed by atoms with E-state index in [0.29, 0.717) is 0 Å². The number of rotatable bonds is 3. The Hall–Kier alpha value is -6.18. The lowest BCUT2D eigenvalue weighted by Gasteiger charge is -2.23. The van der Waals surface area contributed by atoms with Crippen LogP contribution >= 0.6 is 0 Å². The summed E-state index contributed by atoms with van der Waals surface area (Å²) in [5.41, 5.74) is 9.69. The molecule has 0 spiro atoms. The highest BCUT2D eigenvalue weighted by Crippen LogP contribution is 2.50. The van der Waals surface area contributed by atoms with Crippen LogP contribution in [0.3, 0.4) is 0 Å². The number of fused-ring (bicyclic) bond motifs is 5. The molecule has 1 heterocycles. The predicted octanol–water partition coefficient (Wildman–Crippen LogP) is 13.1. The summed E-state index contributed by atoms with van der Waals surface area (Å²) in [5, 5.41) is 9.85. The molecule has 0 aromatic heterocycles. The van der Waals surface area contributed by atoms with E-state index in [1.54, 1.807) is 0 Å². The molecule has 0 atom stereocenters. The van der Waals surface area contributed by atoms with E-state index in [0.717, 1.165) is 22.6 Å². The van der Waals surface area contributed by atoms with Crippen LogP contribution in [0.1, 0.15) is 0 Å². The van der Waals surface area contributed by atoms with Crippen molar-refractivity contribution < 1.29 is 4.74 Å². The molecule has 0 saturated carbocycles. The van der Waals surface area contributed by atoms with E-state index in [2.05, 4.69) is 170 Å². The fraction of sp³-hybridized carbons (Fsp3) is 0. The Morgan fingerprint density at radius 3 is 1.55 bits per heavy atom. The van der Waals surface area contributed by atoms with Gasteiger partial charge in [0, 0.05) is 10.9 Å². The number of ether oxygens (including phenoxy) is 1. The van der Waals surface area contributed by atoms with Gasteiger partial charge in [0.2, 0.25) is 0 Å². The normalized spacial score (nSPS) is 12.0. The summed E-state index contributed by atoms with van der Waals surface area (Å²) in [7, 11) is 0. The van der Waals surface area contributed by atoms with Crippen LogP contribution in [-0.2, 0) is 0 Å². The Labute approximate surface area is 272 Å². The third-order valence-corrected chi connectivity index (χ3v) is 9.83. The molecule has 0 unspecified atom stereocenters. The van der Waals surface area contributed by atoms with Crippen molar-refractivity contribution in [1.29, 1.82) is 0 Å². The molecule has 218 valence electrons. The topological polar surface area (TPSA) is 9.23 Å². The molecular weight excluding hydrogens is 569 g/mol. The molecule has 1 aliphatic heterocycles. The van der Waals surface area contributed by atoms with Crippen molar-refractivity contribution in [3.05, 3.63) is 170 Å². The molecule has 1 aliphatic rings. The van der Waals surface area contributed by atoms with Crippen LogP contribution in [0, 0.1) is 0 Å². The zero-order valence-corrected chi connectivity index (χ0v) is 25.6. The largest absolute Gasteiger partial charge is 0.456 e. The summed E-state index contributed by atoms with van der Waals surface area (Å²) < 4.78 is 6.61. The smallest absolute Gasteiger partial charge is 0.135 e.